The largest absolute Gasteiger partial charge is 0.506 e. The smallest absolute Gasteiger partial charge is 0.142 e. The van der Waals surface area contributed by atoms with Crippen LogP contribution in [-0.4, -0.2) is 43.3 Å². The predicted octanol–water partition coefficient (Wildman–Crippen LogP) is 3.19. The first-order chi connectivity index (χ1) is 10.7. The van der Waals surface area contributed by atoms with E-state index in [0.717, 1.165) is 37.5 Å². The SMILES string of the molecule is COc1ccc(Cl)c(O)c1[C@H](C1CCCC1)N1CCNCC1. The summed E-state index contributed by atoms with van der Waals surface area (Å²) in [5.74, 6) is 1.50. The number of nitrogens with one attached hydrogen (secondary N) is 1. The number of aromatic hydroxyl groups is 1. The molecule has 0 spiro atoms. The first-order valence-corrected chi connectivity index (χ1v) is 8.60. The predicted molar refractivity (Wildman–Crippen MR) is 88.8 cm³/mol. The molecule has 2 N–H and O–H groups in total. The fourth-order valence-electron chi connectivity index (χ4n) is 3.98. The number of hydrogen-bond acceptors (Lipinski definition) is 4. The Morgan fingerprint density at radius 3 is 2.59 bits per heavy atom. The first kappa shape index (κ1) is 15.9. The van der Waals surface area contributed by atoms with E-state index in [9.17, 15) is 5.11 Å². The highest BCUT2D eigenvalue weighted by Crippen LogP contribution is 2.48. The van der Waals surface area contributed by atoms with Gasteiger partial charge >= 0.3 is 0 Å². The monoisotopic (exact) mass is 324 g/mol. The molecule has 3 rings (SSSR count). The van der Waals surface area contributed by atoms with Crippen LogP contribution in [0.15, 0.2) is 12.1 Å². The first-order valence-electron chi connectivity index (χ1n) is 8.22. The van der Waals surface area contributed by atoms with Crippen LogP contribution in [0.4, 0.5) is 0 Å². The molecular formula is C17H25ClN2O2. The molecular weight excluding hydrogens is 300 g/mol. The van der Waals surface area contributed by atoms with Gasteiger partial charge in [-0.2, -0.15) is 0 Å². The highest BCUT2D eigenvalue weighted by Gasteiger charge is 2.35. The number of rotatable bonds is 4. The Labute approximate surface area is 137 Å². The molecule has 5 heteroatoms. The fourth-order valence-corrected chi connectivity index (χ4v) is 4.14. The fraction of sp³-hybridized carbons (Fsp3) is 0.647. The van der Waals surface area contributed by atoms with Crippen molar-refractivity contribution in [3.05, 3.63) is 22.7 Å². The Balaban J connectivity index is 2.02. The van der Waals surface area contributed by atoms with Crippen LogP contribution in [0, 0.1) is 5.92 Å². The number of hydrogen-bond donors (Lipinski definition) is 2. The standard InChI is InChI=1S/C17H25ClN2O2/c1-22-14-7-6-13(18)17(21)15(14)16(12-4-2-3-5-12)20-10-8-19-9-11-20/h6-7,12,16,19,21H,2-5,8-11H2,1H3/t16-/m0/s1. The lowest BCUT2D eigenvalue weighted by Gasteiger charge is -2.39. The summed E-state index contributed by atoms with van der Waals surface area (Å²) >= 11 is 6.20. The van der Waals surface area contributed by atoms with E-state index in [0.29, 0.717) is 10.9 Å². The number of benzene rings is 1. The molecule has 122 valence electrons. The number of phenolic OH excluding ortho intramolecular Hbond substituents is 1. The Morgan fingerprint density at radius 1 is 1.27 bits per heavy atom. The topological polar surface area (TPSA) is 44.7 Å². The zero-order valence-electron chi connectivity index (χ0n) is 13.1. The molecule has 1 aromatic carbocycles. The van der Waals surface area contributed by atoms with Gasteiger partial charge in [-0.1, -0.05) is 24.4 Å². The summed E-state index contributed by atoms with van der Waals surface area (Å²) in [7, 11) is 1.66. The molecule has 22 heavy (non-hydrogen) atoms. The van der Waals surface area contributed by atoms with Gasteiger partial charge in [-0.3, -0.25) is 4.90 Å². The second-order valence-corrected chi connectivity index (χ2v) is 6.69. The summed E-state index contributed by atoms with van der Waals surface area (Å²) < 4.78 is 5.55. The van der Waals surface area contributed by atoms with Crippen molar-refractivity contribution in [2.24, 2.45) is 5.92 Å². The van der Waals surface area contributed by atoms with Crippen molar-refractivity contribution in [1.29, 1.82) is 0 Å². The highest BCUT2D eigenvalue weighted by molar-refractivity contribution is 6.32. The molecule has 0 unspecified atom stereocenters. The minimum atomic E-state index is 0.191. The lowest BCUT2D eigenvalue weighted by Crippen LogP contribution is -2.46. The normalized spacial score (nSPS) is 21.9. The summed E-state index contributed by atoms with van der Waals surface area (Å²) in [4.78, 5) is 2.49. The maximum absolute atomic E-state index is 10.6. The molecule has 0 aromatic heterocycles. The van der Waals surface area contributed by atoms with Crippen LogP contribution in [0.3, 0.4) is 0 Å². The molecule has 1 saturated carbocycles. The van der Waals surface area contributed by atoms with Crippen LogP contribution in [0.25, 0.3) is 0 Å². The van der Waals surface area contributed by atoms with E-state index >= 15 is 0 Å². The van der Waals surface area contributed by atoms with Crippen molar-refractivity contribution < 1.29 is 9.84 Å². The van der Waals surface area contributed by atoms with E-state index < -0.39 is 0 Å². The van der Waals surface area contributed by atoms with Gasteiger partial charge in [-0.15, -0.1) is 0 Å². The van der Waals surface area contributed by atoms with Crippen molar-refractivity contribution in [2.45, 2.75) is 31.7 Å². The lowest BCUT2D eigenvalue weighted by molar-refractivity contribution is 0.121. The molecule has 1 aliphatic carbocycles. The molecule has 1 heterocycles. The molecule has 2 aliphatic rings. The Kier molecular flexibility index (Phi) is 5.11. The van der Waals surface area contributed by atoms with Gasteiger partial charge in [-0.05, 0) is 30.9 Å². The molecule has 1 aromatic rings. The van der Waals surface area contributed by atoms with Crippen LogP contribution in [0.5, 0.6) is 11.5 Å². The summed E-state index contributed by atoms with van der Waals surface area (Å²) in [5, 5.41) is 14.4. The number of nitrogens with zero attached hydrogens (tertiary/aromatic N) is 1. The Hall–Kier alpha value is -0.970. The van der Waals surface area contributed by atoms with Gasteiger partial charge in [0, 0.05) is 32.2 Å². The quantitative estimate of drug-likeness (QED) is 0.893. The zero-order valence-corrected chi connectivity index (χ0v) is 13.9. The van der Waals surface area contributed by atoms with Gasteiger partial charge in [0.1, 0.15) is 11.5 Å². The molecule has 0 amide bonds. The summed E-state index contributed by atoms with van der Waals surface area (Å²) in [6, 6.07) is 3.78. The van der Waals surface area contributed by atoms with Crippen LogP contribution in [-0.2, 0) is 0 Å². The van der Waals surface area contributed by atoms with Crippen molar-refractivity contribution in [1.82, 2.24) is 10.2 Å². The number of piperazine rings is 1. The van der Waals surface area contributed by atoms with Gasteiger partial charge in [0.2, 0.25) is 0 Å². The minimum absolute atomic E-state index is 0.191. The second-order valence-electron chi connectivity index (χ2n) is 6.29. The average molecular weight is 325 g/mol. The van der Waals surface area contributed by atoms with Gasteiger partial charge in [0.25, 0.3) is 0 Å². The van der Waals surface area contributed by atoms with E-state index in [-0.39, 0.29) is 11.8 Å². The number of halogens is 1. The third-order valence-electron chi connectivity index (χ3n) is 5.03. The van der Waals surface area contributed by atoms with E-state index in [2.05, 4.69) is 10.2 Å². The van der Waals surface area contributed by atoms with E-state index in [1.54, 1.807) is 13.2 Å². The minimum Gasteiger partial charge on any atom is -0.506 e. The molecule has 1 saturated heterocycles. The third kappa shape index (κ3) is 3.05. The molecule has 4 nitrogen and oxygen atoms in total. The van der Waals surface area contributed by atoms with Crippen molar-refractivity contribution in [3.8, 4) is 11.5 Å². The van der Waals surface area contributed by atoms with Crippen molar-refractivity contribution in [2.75, 3.05) is 33.3 Å². The van der Waals surface area contributed by atoms with Gasteiger partial charge in [0.05, 0.1) is 17.7 Å². The van der Waals surface area contributed by atoms with Crippen molar-refractivity contribution in [3.63, 3.8) is 0 Å². The summed E-state index contributed by atoms with van der Waals surface area (Å²) in [5.41, 5.74) is 0.879. The number of methoxy groups -OCH3 is 1. The zero-order chi connectivity index (χ0) is 15.5. The van der Waals surface area contributed by atoms with E-state index in [4.69, 9.17) is 16.3 Å². The highest BCUT2D eigenvalue weighted by atomic mass is 35.5. The summed E-state index contributed by atoms with van der Waals surface area (Å²) in [6.45, 7) is 3.98. The lowest BCUT2D eigenvalue weighted by atomic mass is 9.88. The van der Waals surface area contributed by atoms with Gasteiger partial charge in [0.15, 0.2) is 0 Å². The van der Waals surface area contributed by atoms with E-state index in [1.165, 1.54) is 25.7 Å². The second kappa shape index (κ2) is 7.07. The van der Waals surface area contributed by atoms with Gasteiger partial charge in [-0.25, -0.2) is 0 Å². The molecule has 2 fully saturated rings. The molecule has 1 aliphatic heterocycles. The third-order valence-corrected chi connectivity index (χ3v) is 5.34. The maximum atomic E-state index is 10.6. The summed E-state index contributed by atoms with van der Waals surface area (Å²) in [6.07, 6.45) is 4.97. The van der Waals surface area contributed by atoms with Crippen molar-refractivity contribution >= 4 is 11.6 Å². The Bertz CT molecular complexity index is 512. The number of phenols is 1. The van der Waals surface area contributed by atoms with Crippen LogP contribution in [0.2, 0.25) is 5.02 Å². The molecule has 1 atom stereocenters. The van der Waals surface area contributed by atoms with Crippen LogP contribution in [0.1, 0.15) is 37.3 Å². The molecule has 0 radical (unpaired) electrons. The Morgan fingerprint density at radius 2 is 1.95 bits per heavy atom. The molecule has 0 bridgehead atoms. The van der Waals surface area contributed by atoms with Gasteiger partial charge < -0.3 is 15.2 Å². The average Bonchev–Trinajstić information content (AvgIpc) is 3.07. The van der Waals surface area contributed by atoms with E-state index in [1.807, 2.05) is 6.07 Å². The van der Waals surface area contributed by atoms with Crippen LogP contribution >= 0.6 is 11.6 Å². The van der Waals surface area contributed by atoms with Crippen LogP contribution < -0.4 is 10.1 Å². The maximum Gasteiger partial charge on any atom is 0.142 e. The number of ether oxygens (including phenoxy) is 1.